The number of halogens is 2. The van der Waals surface area contributed by atoms with Crippen molar-refractivity contribution >= 4 is 34.2 Å². The summed E-state index contributed by atoms with van der Waals surface area (Å²) in [6, 6.07) is 12.2. The fourth-order valence-corrected chi connectivity index (χ4v) is 3.06. The first-order chi connectivity index (χ1) is 10.1. The van der Waals surface area contributed by atoms with Gasteiger partial charge in [0.15, 0.2) is 0 Å². The number of anilines is 1. The molecule has 3 rings (SSSR count). The lowest BCUT2D eigenvalue weighted by Gasteiger charge is -2.25. The molecule has 0 spiro atoms. The summed E-state index contributed by atoms with van der Waals surface area (Å²) in [5, 5.41) is 6.10. The lowest BCUT2D eigenvalue weighted by Crippen LogP contribution is -2.44. The molecule has 0 radical (unpaired) electrons. The van der Waals surface area contributed by atoms with Crippen molar-refractivity contribution in [2.24, 2.45) is 0 Å². The van der Waals surface area contributed by atoms with E-state index >= 15 is 0 Å². The van der Waals surface area contributed by atoms with Crippen LogP contribution < -0.4 is 10.6 Å². The zero-order valence-corrected chi connectivity index (χ0v) is 13.4. The van der Waals surface area contributed by atoms with E-state index in [1.165, 1.54) is 23.3 Å². The van der Waals surface area contributed by atoms with Crippen molar-refractivity contribution < 1.29 is 9.18 Å². The topological polar surface area (TPSA) is 41.1 Å². The highest BCUT2D eigenvalue weighted by Crippen LogP contribution is 2.21. The van der Waals surface area contributed by atoms with Gasteiger partial charge in [-0.3, -0.25) is 4.79 Å². The van der Waals surface area contributed by atoms with Crippen LogP contribution in [0.4, 0.5) is 10.1 Å². The van der Waals surface area contributed by atoms with Crippen molar-refractivity contribution in [2.75, 3.05) is 5.32 Å². The third-order valence-corrected chi connectivity index (χ3v) is 4.48. The van der Waals surface area contributed by atoms with Crippen molar-refractivity contribution in [1.29, 1.82) is 0 Å². The molecule has 2 aromatic carbocycles. The summed E-state index contributed by atoms with van der Waals surface area (Å²) in [5.74, 6) is -0.392. The van der Waals surface area contributed by atoms with Crippen LogP contribution in [-0.4, -0.2) is 11.9 Å². The smallest absolute Gasteiger partial charge is 0.241 e. The standard InChI is InChI=1S/C16H14FIN2O/c17-12-5-6-14(13(18)8-12)20-16(21)15-7-10-3-1-2-4-11(10)9-19-15/h1-6,8,15,19H,7,9H2,(H,20,21)/t15-/m1/s1. The van der Waals surface area contributed by atoms with E-state index in [-0.39, 0.29) is 17.8 Å². The van der Waals surface area contributed by atoms with Crippen molar-refractivity contribution in [3.05, 3.63) is 63.0 Å². The Bertz CT molecular complexity index is 690. The van der Waals surface area contributed by atoms with Gasteiger partial charge in [0, 0.05) is 10.1 Å². The number of nitrogens with one attached hydrogen (secondary N) is 2. The second kappa shape index (κ2) is 6.11. The molecule has 0 aliphatic carbocycles. The Morgan fingerprint density at radius 3 is 2.76 bits per heavy atom. The molecule has 0 saturated heterocycles. The molecule has 108 valence electrons. The van der Waals surface area contributed by atoms with Crippen LogP contribution >= 0.6 is 22.6 Å². The van der Waals surface area contributed by atoms with Crippen molar-refractivity contribution in [3.63, 3.8) is 0 Å². The Kier molecular flexibility index (Phi) is 4.21. The first kappa shape index (κ1) is 14.5. The van der Waals surface area contributed by atoms with Gasteiger partial charge in [0.25, 0.3) is 0 Å². The fraction of sp³-hybridized carbons (Fsp3) is 0.188. The SMILES string of the molecule is O=C(Nc1ccc(F)cc1I)[C@H]1Cc2ccccc2CN1. The maximum Gasteiger partial charge on any atom is 0.241 e. The zero-order valence-electron chi connectivity index (χ0n) is 11.2. The fourth-order valence-electron chi connectivity index (χ4n) is 2.45. The molecule has 0 aromatic heterocycles. The Morgan fingerprint density at radius 1 is 1.24 bits per heavy atom. The number of hydrogen-bond donors (Lipinski definition) is 2. The first-order valence-electron chi connectivity index (χ1n) is 6.69. The average molecular weight is 396 g/mol. The lowest BCUT2D eigenvalue weighted by atomic mass is 9.95. The summed E-state index contributed by atoms with van der Waals surface area (Å²) in [4.78, 5) is 12.3. The maximum atomic E-state index is 13.1. The lowest BCUT2D eigenvalue weighted by molar-refractivity contribution is -0.118. The quantitative estimate of drug-likeness (QED) is 0.767. The molecule has 0 bridgehead atoms. The molecule has 5 heteroatoms. The molecular formula is C16H14FIN2O. The number of carbonyl (C=O) groups is 1. The first-order valence-corrected chi connectivity index (χ1v) is 7.77. The van der Waals surface area contributed by atoms with E-state index in [2.05, 4.69) is 22.8 Å². The number of hydrogen-bond acceptors (Lipinski definition) is 2. The summed E-state index contributed by atoms with van der Waals surface area (Å²) in [7, 11) is 0. The number of rotatable bonds is 2. The van der Waals surface area contributed by atoms with Crippen molar-refractivity contribution in [1.82, 2.24) is 5.32 Å². The average Bonchev–Trinajstić information content (AvgIpc) is 2.49. The number of benzene rings is 2. The number of amides is 1. The zero-order chi connectivity index (χ0) is 14.8. The van der Waals surface area contributed by atoms with Crippen LogP contribution in [0.25, 0.3) is 0 Å². The van der Waals surface area contributed by atoms with Gasteiger partial charge in [-0.2, -0.15) is 0 Å². The van der Waals surface area contributed by atoms with Gasteiger partial charge in [0.05, 0.1) is 11.7 Å². The molecule has 21 heavy (non-hydrogen) atoms. The van der Waals surface area contributed by atoms with Crippen LogP contribution in [0.1, 0.15) is 11.1 Å². The molecule has 0 fully saturated rings. The molecule has 2 aromatic rings. The molecule has 3 nitrogen and oxygen atoms in total. The van der Waals surface area contributed by atoms with Crippen molar-refractivity contribution in [2.45, 2.75) is 19.0 Å². The molecule has 1 aliphatic rings. The minimum Gasteiger partial charge on any atom is -0.324 e. The molecule has 1 heterocycles. The highest BCUT2D eigenvalue weighted by molar-refractivity contribution is 14.1. The monoisotopic (exact) mass is 396 g/mol. The van der Waals surface area contributed by atoms with E-state index in [4.69, 9.17) is 0 Å². The van der Waals surface area contributed by atoms with Crippen LogP contribution in [-0.2, 0) is 17.8 Å². The van der Waals surface area contributed by atoms with E-state index in [9.17, 15) is 9.18 Å². The van der Waals surface area contributed by atoms with Crippen LogP contribution in [0, 0.1) is 9.39 Å². The molecular weight excluding hydrogens is 382 g/mol. The predicted octanol–water partition coefficient (Wildman–Crippen LogP) is 3.08. The van der Waals surface area contributed by atoms with E-state index in [0.29, 0.717) is 22.2 Å². The summed E-state index contributed by atoms with van der Waals surface area (Å²) in [6.45, 7) is 0.689. The van der Waals surface area contributed by atoms with Gasteiger partial charge in [-0.15, -0.1) is 0 Å². The second-order valence-corrected chi connectivity index (χ2v) is 6.18. The molecule has 1 atom stereocenters. The molecule has 0 unspecified atom stereocenters. The number of fused-ring (bicyclic) bond motifs is 1. The summed E-state index contributed by atoms with van der Waals surface area (Å²) < 4.78 is 13.8. The minimum absolute atomic E-state index is 0.0889. The van der Waals surface area contributed by atoms with Gasteiger partial charge < -0.3 is 10.6 Å². The Hall–Kier alpha value is -1.47. The highest BCUT2D eigenvalue weighted by atomic mass is 127. The van der Waals surface area contributed by atoms with E-state index < -0.39 is 0 Å². The largest absolute Gasteiger partial charge is 0.324 e. The third kappa shape index (κ3) is 3.24. The van der Waals surface area contributed by atoms with E-state index in [1.807, 2.05) is 34.7 Å². The minimum atomic E-state index is -0.304. The van der Waals surface area contributed by atoms with Gasteiger partial charge in [0.2, 0.25) is 5.91 Å². The van der Waals surface area contributed by atoms with Crippen LogP contribution in [0.3, 0.4) is 0 Å². The Morgan fingerprint density at radius 2 is 2.00 bits per heavy atom. The predicted molar refractivity (Wildman–Crippen MR) is 88.5 cm³/mol. The molecule has 1 amide bonds. The van der Waals surface area contributed by atoms with Crippen LogP contribution in [0.5, 0.6) is 0 Å². The van der Waals surface area contributed by atoms with Gasteiger partial charge in [-0.1, -0.05) is 24.3 Å². The molecule has 1 aliphatic heterocycles. The van der Waals surface area contributed by atoms with E-state index in [0.717, 1.165) is 0 Å². The summed E-state index contributed by atoms with van der Waals surface area (Å²) >= 11 is 2.02. The molecule has 2 N–H and O–H groups in total. The summed E-state index contributed by atoms with van der Waals surface area (Å²) in [6.07, 6.45) is 0.666. The van der Waals surface area contributed by atoms with E-state index in [1.54, 1.807) is 6.07 Å². The Balaban J connectivity index is 1.72. The maximum absolute atomic E-state index is 13.1. The highest BCUT2D eigenvalue weighted by Gasteiger charge is 2.24. The third-order valence-electron chi connectivity index (χ3n) is 3.59. The second-order valence-electron chi connectivity index (χ2n) is 5.02. The molecule has 0 saturated carbocycles. The summed E-state index contributed by atoms with van der Waals surface area (Å²) in [5.41, 5.74) is 3.07. The Labute approximate surface area is 136 Å². The van der Waals surface area contributed by atoms with Gasteiger partial charge >= 0.3 is 0 Å². The van der Waals surface area contributed by atoms with Gasteiger partial charge in [0.1, 0.15) is 5.82 Å². The van der Waals surface area contributed by atoms with Crippen LogP contribution in [0.2, 0.25) is 0 Å². The number of carbonyl (C=O) groups excluding carboxylic acids is 1. The van der Waals surface area contributed by atoms with Crippen LogP contribution in [0.15, 0.2) is 42.5 Å². The van der Waals surface area contributed by atoms with Gasteiger partial charge in [-0.25, -0.2) is 4.39 Å². The van der Waals surface area contributed by atoms with Gasteiger partial charge in [-0.05, 0) is 58.3 Å². The normalized spacial score (nSPS) is 17.1. The van der Waals surface area contributed by atoms with Crippen molar-refractivity contribution in [3.8, 4) is 0 Å².